The molecule has 4 rings (SSSR count). The Morgan fingerprint density at radius 3 is 2.87 bits per heavy atom. The highest BCUT2D eigenvalue weighted by molar-refractivity contribution is 6.31. The fraction of sp³-hybridized carbons (Fsp3) is 0.158. The average Bonchev–Trinajstić information content (AvgIpc) is 3.11. The summed E-state index contributed by atoms with van der Waals surface area (Å²) >= 11 is 5.84. The summed E-state index contributed by atoms with van der Waals surface area (Å²) in [6.07, 6.45) is 0.610. The van der Waals surface area contributed by atoms with E-state index in [-0.39, 0.29) is 17.3 Å². The van der Waals surface area contributed by atoms with E-state index in [0.717, 1.165) is 4.90 Å². The summed E-state index contributed by atoms with van der Waals surface area (Å²) in [6.45, 7) is -0.167. The molecule has 3 aromatic rings. The first kappa shape index (κ1) is 19.6. The molecule has 154 valence electrons. The lowest BCUT2D eigenvalue weighted by molar-refractivity contribution is -0.119. The molecule has 1 aliphatic rings. The van der Waals surface area contributed by atoms with Crippen LogP contribution in [-0.2, 0) is 9.53 Å². The molecule has 30 heavy (non-hydrogen) atoms. The summed E-state index contributed by atoms with van der Waals surface area (Å²) in [5, 5.41) is 3.51. The zero-order valence-electron chi connectivity index (χ0n) is 15.6. The number of fused-ring (bicyclic) bond motifs is 1. The number of ether oxygens (including phenoxy) is 2. The van der Waals surface area contributed by atoms with Gasteiger partial charge >= 0.3 is 6.09 Å². The number of aromatic nitrogens is 2. The number of methoxy groups -OCH3 is 1. The van der Waals surface area contributed by atoms with Crippen molar-refractivity contribution >= 4 is 51.7 Å². The molecule has 3 N–H and O–H groups in total. The first-order chi connectivity index (χ1) is 14.4. The van der Waals surface area contributed by atoms with Crippen molar-refractivity contribution in [2.75, 3.05) is 23.9 Å². The van der Waals surface area contributed by atoms with Crippen LogP contribution in [0.1, 0.15) is 0 Å². The van der Waals surface area contributed by atoms with Gasteiger partial charge in [0.05, 0.1) is 23.3 Å². The Labute approximate surface area is 174 Å². The molecule has 9 nitrogen and oxygen atoms in total. The average molecular weight is 432 g/mol. The van der Waals surface area contributed by atoms with E-state index in [1.165, 1.54) is 31.6 Å². The van der Waals surface area contributed by atoms with Crippen LogP contribution in [0.15, 0.2) is 36.7 Å². The monoisotopic (exact) mass is 431 g/mol. The maximum absolute atomic E-state index is 13.5. The number of anilines is 3. The van der Waals surface area contributed by atoms with E-state index < -0.39 is 23.9 Å². The van der Waals surface area contributed by atoms with E-state index >= 15 is 0 Å². The van der Waals surface area contributed by atoms with Crippen molar-refractivity contribution in [2.24, 2.45) is 5.73 Å². The number of hydrogen-bond acceptors (Lipinski definition) is 7. The van der Waals surface area contributed by atoms with E-state index in [0.29, 0.717) is 28.2 Å². The highest BCUT2D eigenvalue weighted by Gasteiger charge is 2.39. The normalized spacial score (nSPS) is 15.9. The van der Waals surface area contributed by atoms with E-state index in [9.17, 15) is 14.0 Å². The van der Waals surface area contributed by atoms with Crippen LogP contribution < -0.4 is 20.7 Å². The number of carbonyl (C=O) groups is 2. The lowest BCUT2D eigenvalue weighted by Crippen LogP contribution is -2.43. The lowest BCUT2D eigenvalue weighted by atomic mass is 10.1. The molecule has 0 bridgehead atoms. The second kappa shape index (κ2) is 7.64. The van der Waals surface area contributed by atoms with Crippen molar-refractivity contribution in [3.8, 4) is 5.75 Å². The molecule has 0 spiro atoms. The van der Waals surface area contributed by atoms with Crippen molar-refractivity contribution in [2.45, 2.75) is 6.04 Å². The minimum Gasteiger partial charge on any atom is -0.494 e. The van der Waals surface area contributed by atoms with Gasteiger partial charge in [-0.2, -0.15) is 0 Å². The highest BCUT2D eigenvalue weighted by Crippen LogP contribution is 2.38. The fourth-order valence-electron chi connectivity index (χ4n) is 3.13. The van der Waals surface area contributed by atoms with Crippen LogP contribution >= 0.6 is 11.6 Å². The molecule has 11 heteroatoms. The Bertz CT molecular complexity index is 1180. The number of rotatable bonds is 5. The smallest absolute Gasteiger partial charge is 0.415 e. The molecule has 1 atom stereocenters. The Morgan fingerprint density at radius 1 is 1.37 bits per heavy atom. The largest absolute Gasteiger partial charge is 0.494 e. The van der Waals surface area contributed by atoms with Crippen LogP contribution in [0, 0.1) is 5.82 Å². The van der Waals surface area contributed by atoms with Gasteiger partial charge in [0.25, 0.3) is 0 Å². The van der Waals surface area contributed by atoms with E-state index in [4.69, 9.17) is 26.8 Å². The molecule has 2 heterocycles. The topological polar surface area (TPSA) is 120 Å². The molecule has 1 saturated heterocycles. The predicted octanol–water partition coefficient (Wildman–Crippen LogP) is 2.99. The summed E-state index contributed by atoms with van der Waals surface area (Å²) in [5.41, 5.74) is 6.69. The first-order valence-electron chi connectivity index (χ1n) is 8.69. The zero-order chi connectivity index (χ0) is 21.4. The standard InChI is InChI=1S/C19H15ClFN5O4/c1-29-16-6-13-10(5-14(16)26-15(17(22)27)7-30-19(26)28)18(24-8-23-13)25-9-2-3-12(21)11(20)4-9/h2-6,8,15H,7H2,1H3,(H2,22,27)(H,23,24,25)/t15-/m0/s1. The second-order valence-corrected chi connectivity index (χ2v) is 6.79. The van der Waals surface area contributed by atoms with Crippen LogP contribution in [0.2, 0.25) is 5.02 Å². The fourth-order valence-corrected chi connectivity index (χ4v) is 3.31. The van der Waals surface area contributed by atoms with Crippen LogP contribution in [0.3, 0.4) is 0 Å². The van der Waals surface area contributed by atoms with Crippen molar-refractivity contribution in [3.05, 3.63) is 47.5 Å². The summed E-state index contributed by atoms with van der Waals surface area (Å²) in [4.78, 5) is 33.6. The van der Waals surface area contributed by atoms with Crippen molar-refractivity contribution in [1.29, 1.82) is 0 Å². The molecule has 1 aromatic heterocycles. The van der Waals surface area contributed by atoms with Crippen LogP contribution in [-0.4, -0.2) is 41.7 Å². The molecule has 0 aliphatic carbocycles. The molecule has 2 amide bonds. The molecule has 2 aromatic carbocycles. The SMILES string of the molecule is COc1cc2ncnc(Nc3ccc(F)c(Cl)c3)c2cc1N1C(=O)OC[C@H]1C(N)=O. The molecular weight excluding hydrogens is 417 g/mol. The van der Waals surface area contributed by atoms with Crippen molar-refractivity contribution in [1.82, 2.24) is 9.97 Å². The number of hydrogen-bond donors (Lipinski definition) is 2. The van der Waals surface area contributed by atoms with Crippen LogP contribution in [0.4, 0.5) is 26.4 Å². The number of benzene rings is 2. The van der Waals surface area contributed by atoms with Gasteiger partial charge in [-0.25, -0.2) is 19.2 Å². The van der Waals surface area contributed by atoms with E-state index in [2.05, 4.69) is 15.3 Å². The van der Waals surface area contributed by atoms with Gasteiger partial charge in [-0.3, -0.25) is 9.69 Å². The number of nitrogens with zero attached hydrogens (tertiary/aromatic N) is 3. The first-order valence-corrected chi connectivity index (χ1v) is 9.07. The number of nitrogens with two attached hydrogens (primary N) is 1. The maximum Gasteiger partial charge on any atom is 0.415 e. The molecule has 1 aliphatic heterocycles. The van der Waals surface area contributed by atoms with E-state index in [1.807, 2.05) is 0 Å². The van der Waals surface area contributed by atoms with Gasteiger partial charge < -0.3 is 20.5 Å². The summed E-state index contributed by atoms with van der Waals surface area (Å²) in [5.74, 6) is -0.602. The molecular formula is C19H15ClFN5O4. The van der Waals surface area contributed by atoms with Crippen LogP contribution in [0.25, 0.3) is 10.9 Å². The van der Waals surface area contributed by atoms with Crippen molar-refractivity contribution in [3.63, 3.8) is 0 Å². The van der Waals surface area contributed by atoms with Gasteiger partial charge in [0.15, 0.2) is 6.04 Å². The van der Waals surface area contributed by atoms with Gasteiger partial charge in [-0.1, -0.05) is 11.6 Å². The number of carbonyl (C=O) groups excluding carboxylic acids is 2. The number of primary amides is 1. The van der Waals surface area contributed by atoms with Gasteiger partial charge in [0.1, 0.15) is 30.3 Å². The lowest BCUT2D eigenvalue weighted by Gasteiger charge is -2.22. The number of halogens is 2. The number of nitrogens with one attached hydrogen (secondary N) is 1. The highest BCUT2D eigenvalue weighted by atomic mass is 35.5. The molecule has 0 radical (unpaired) electrons. The van der Waals surface area contributed by atoms with Gasteiger partial charge in [-0.05, 0) is 24.3 Å². The number of amides is 2. The third-order valence-electron chi connectivity index (χ3n) is 4.58. The summed E-state index contributed by atoms with van der Waals surface area (Å²) in [7, 11) is 1.42. The Hall–Kier alpha value is -3.66. The minimum atomic E-state index is -0.985. The third-order valence-corrected chi connectivity index (χ3v) is 4.87. The van der Waals surface area contributed by atoms with Crippen molar-refractivity contribution < 1.29 is 23.5 Å². The van der Waals surface area contributed by atoms with Gasteiger partial charge in [0, 0.05) is 17.1 Å². The minimum absolute atomic E-state index is 0.0511. The van der Waals surface area contributed by atoms with Gasteiger partial charge in [0.2, 0.25) is 5.91 Å². The Morgan fingerprint density at radius 2 is 2.17 bits per heavy atom. The summed E-state index contributed by atoms with van der Waals surface area (Å²) < 4.78 is 23.8. The molecule has 1 fully saturated rings. The summed E-state index contributed by atoms with van der Waals surface area (Å²) in [6, 6.07) is 6.33. The third kappa shape index (κ3) is 3.41. The Balaban J connectivity index is 1.84. The number of cyclic esters (lactones) is 1. The van der Waals surface area contributed by atoms with E-state index in [1.54, 1.807) is 12.1 Å². The van der Waals surface area contributed by atoms with Gasteiger partial charge in [-0.15, -0.1) is 0 Å². The predicted molar refractivity (Wildman–Crippen MR) is 108 cm³/mol. The maximum atomic E-state index is 13.5. The second-order valence-electron chi connectivity index (χ2n) is 6.38. The zero-order valence-corrected chi connectivity index (χ0v) is 16.3. The van der Waals surface area contributed by atoms with Crippen LogP contribution in [0.5, 0.6) is 5.75 Å². The Kier molecular flexibility index (Phi) is 5.00. The molecule has 0 unspecified atom stereocenters. The molecule has 0 saturated carbocycles. The quantitative estimate of drug-likeness (QED) is 0.637.